The van der Waals surface area contributed by atoms with Gasteiger partial charge in [0.15, 0.2) is 0 Å². The number of likely N-dealkylation sites (tertiary alicyclic amines) is 1. The molecule has 0 aromatic carbocycles. The summed E-state index contributed by atoms with van der Waals surface area (Å²) < 4.78 is 0. The van der Waals surface area contributed by atoms with Crippen molar-refractivity contribution in [3.63, 3.8) is 0 Å². The largest absolute Gasteiger partial charge is 0.314 e. The summed E-state index contributed by atoms with van der Waals surface area (Å²) in [7, 11) is 2.22. The maximum Gasteiger partial charge on any atom is 0.0192 e. The molecule has 2 aliphatic rings. The number of hydrogen-bond acceptors (Lipinski definition) is 4. The van der Waals surface area contributed by atoms with Gasteiger partial charge >= 0.3 is 0 Å². The number of hydrogen-bond donors (Lipinski definition) is 1. The number of piperazine rings is 1. The van der Waals surface area contributed by atoms with Crippen molar-refractivity contribution in [1.29, 1.82) is 0 Å². The second-order valence-corrected chi connectivity index (χ2v) is 6.29. The molecule has 0 bridgehead atoms. The third kappa shape index (κ3) is 5.38. The highest BCUT2D eigenvalue weighted by molar-refractivity contribution is 4.74. The van der Waals surface area contributed by atoms with Gasteiger partial charge in [-0.25, -0.2) is 0 Å². The smallest absolute Gasteiger partial charge is 0.0192 e. The SMILES string of the molecule is CC(CNCCN1CCN(C)CC1)N1CCCCC1. The van der Waals surface area contributed by atoms with Gasteiger partial charge in [0.05, 0.1) is 0 Å². The number of rotatable bonds is 6. The van der Waals surface area contributed by atoms with Crippen molar-refractivity contribution in [3.8, 4) is 0 Å². The van der Waals surface area contributed by atoms with Crippen LogP contribution in [0.25, 0.3) is 0 Å². The molecule has 0 radical (unpaired) electrons. The highest BCUT2D eigenvalue weighted by Crippen LogP contribution is 2.11. The third-order valence-electron chi connectivity index (χ3n) is 4.65. The van der Waals surface area contributed by atoms with Crippen LogP contribution in [0, 0.1) is 0 Å². The van der Waals surface area contributed by atoms with E-state index < -0.39 is 0 Å². The van der Waals surface area contributed by atoms with Crippen LogP contribution in [0.4, 0.5) is 0 Å². The molecule has 112 valence electrons. The van der Waals surface area contributed by atoms with Gasteiger partial charge in [0.2, 0.25) is 0 Å². The topological polar surface area (TPSA) is 21.8 Å². The van der Waals surface area contributed by atoms with Crippen LogP contribution in [-0.4, -0.2) is 86.7 Å². The zero-order chi connectivity index (χ0) is 13.5. The maximum atomic E-state index is 3.64. The first-order valence-electron chi connectivity index (χ1n) is 8.11. The second-order valence-electron chi connectivity index (χ2n) is 6.29. The molecule has 0 saturated carbocycles. The van der Waals surface area contributed by atoms with Gasteiger partial charge in [-0.15, -0.1) is 0 Å². The number of piperidine rings is 1. The summed E-state index contributed by atoms with van der Waals surface area (Å²) in [6, 6.07) is 0.702. The van der Waals surface area contributed by atoms with Crippen LogP contribution >= 0.6 is 0 Å². The molecule has 4 heteroatoms. The Morgan fingerprint density at radius 3 is 2.32 bits per heavy atom. The normalized spacial score (nSPS) is 25.6. The quantitative estimate of drug-likeness (QED) is 0.716. The van der Waals surface area contributed by atoms with E-state index in [-0.39, 0.29) is 0 Å². The lowest BCUT2D eigenvalue weighted by molar-refractivity contribution is 0.149. The van der Waals surface area contributed by atoms with Gasteiger partial charge in [-0.2, -0.15) is 0 Å². The number of nitrogens with zero attached hydrogens (tertiary/aromatic N) is 3. The van der Waals surface area contributed by atoms with E-state index in [0.717, 1.165) is 13.1 Å². The third-order valence-corrected chi connectivity index (χ3v) is 4.65. The second kappa shape index (κ2) is 8.20. The van der Waals surface area contributed by atoms with Gasteiger partial charge in [-0.1, -0.05) is 6.42 Å². The highest BCUT2D eigenvalue weighted by Gasteiger charge is 2.16. The Balaban J connectivity index is 1.51. The van der Waals surface area contributed by atoms with Crippen LogP contribution in [0.2, 0.25) is 0 Å². The van der Waals surface area contributed by atoms with Crippen LogP contribution in [0.15, 0.2) is 0 Å². The lowest BCUT2D eigenvalue weighted by atomic mass is 10.1. The first kappa shape index (κ1) is 15.2. The Hall–Kier alpha value is -0.160. The molecule has 0 amide bonds. The van der Waals surface area contributed by atoms with Crippen molar-refractivity contribution in [2.45, 2.75) is 32.2 Å². The van der Waals surface area contributed by atoms with E-state index >= 15 is 0 Å². The Morgan fingerprint density at radius 2 is 1.63 bits per heavy atom. The Bertz CT molecular complexity index is 232. The molecule has 2 heterocycles. The predicted molar refractivity (Wildman–Crippen MR) is 81.7 cm³/mol. The molecule has 19 heavy (non-hydrogen) atoms. The molecule has 2 fully saturated rings. The van der Waals surface area contributed by atoms with E-state index in [1.54, 1.807) is 0 Å². The Morgan fingerprint density at radius 1 is 0.947 bits per heavy atom. The zero-order valence-corrected chi connectivity index (χ0v) is 12.9. The van der Waals surface area contributed by atoms with Crippen molar-refractivity contribution in [2.75, 3.05) is 66.0 Å². The lowest BCUT2D eigenvalue weighted by Gasteiger charge is -2.34. The summed E-state index contributed by atoms with van der Waals surface area (Å²) in [5.41, 5.74) is 0. The molecule has 1 N–H and O–H groups in total. The van der Waals surface area contributed by atoms with Gasteiger partial charge in [-0.3, -0.25) is 9.80 Å². The molecule has 0 aliphatic carbocycles. The fourth-order valence-corrected chi connectivity index (χ4v) is 3.11. The minimum Gasteiger partial charge on any atom is -0.314 e. The molecule has 0 aromatic rings. The van der Waals surface area contributed by atoms with Crippen molar-refractivity contribution in [2.24, 2.45) is 0 Å². The molecule has 2 saturated heterocycles. The minimum absolute atomic E-state index is 0.702. The first-order valence-corrected chi connectivity index (χ1v) is 8.11. The molecule has 1 atom stereocenters. The van der Waals surface area contributed by atoms with Gasteiger partial charge in [-0.05, 0) is 39.9 Å². The van der Waals surface area contributed by atoms with E-state index in [0.29, 0.717) is 6.04 Å². The van der Waals surface area contributed by atoms with Gasteiger partial charge in [0.1, 0.15) is 0 Å². The van der Waals surface area contributed by atoms with Gasteiger partial charge in [0, 0.05) is 51.9 Å². The minimum atomic E-state index is 0.702. The van der Waals surface area contributed by atoms with Crippen molar-refractivity contribution < 1.29 is 0 Å². The fourth-order valence-electron chi connectivity index (χ4n) is 3.11. The average molecular weight is 268 g/mol. The van der Waals surface area contributed by atoms with Crippen molar-refractivity contribution in [1.82, 2.24) is 20.0 Å². The number of likely N-dealkylation sites (N-methyl/N-ethyl adjacent to an activating group) is 1. The highest BCUT2D eigenvalue weighted by atomic mass is 15.3. The van der Waals surface area contributed by atoms with Gasteiger partial charge < -0.3 is 10.2 Å². The predicted octanol–water partition coefficient (Wildman–Crippen LogP) is 0.698. The van der Waals surface area contributed by atoms with E-state index in [1.165, 1.54) is 65.1 Å². The average Bonchev–Trinajstić information content (AvgIpc) is 2.46. The van der Waals surface area contributed by atoms with Crippen LogP contribution in [-0.2, 0) is 0 Å². The standard InChI is InChI=1S/C15H32N4/c1-15(19-7-4-3-5-8-19)14-16-6-9-18-12-10-17(2)11-13-18/h15-16H,3-14H2,1-2H3. The zero-order valence-electron chi connectivity index (χ0n) is 12.9. The lowest BCUT2D eigenvalue weighted by Crippen LogP contribution is -2.48. The van der Waals surface area contributed by atoms with Crippen molar-refractivity contribution in [3.05, 3.63) is 0 Å². The Kier molecular flexibility index (Phi) is 6.57. The van der Waals surface area contributed by atoms with E-state index in [4.69, 9.17) is 0 Å². The van der Waals surface area contributed by atoms with Crippen LogP contribution < -0.4 is 5.32 Å². The van der Waals surface area contributed by atoms with E-state index in [9.17, 15) is 0 Å². The monoisotopic (exact) mass is 268 g/mol. The van der Waals surface area contributed by atoms with E-state index in [1.807, 2.05) is 0 Å². The summed E-state index contributed by atoms with van der Waals surface area (Å²) >= 11 is 0. The van der Waals surface area contributed by atoms with Crippen LogP contribution in [0.1, 0.15) is 26.2 Å². The molecule has 1 unspecified atom stereocenters. The maximum absolute atomic E-state index is 3.64. The fraction of sp³-hybridized carbons (Fsp3) is 1.00. The number of nitrogens with one attached hydrogen (secondary N) is 1. The molecule has 4 nitrogen and oxygen atoms in total. The van der Waals surface area contributed by atoms with Crippen LogP contribution in [0.5, 0.6) is 0 Å². The summed E-state index contributed by atoms with van der Waals surface area (Å²) in [6.45, 7) is 13.4. The Labute approximate surface area is 119 Å². The summed E-state index contributed by atoms with van der Waals surface area (Å²) in [4.78, 5) is 7.65. The molecule has 0 aromatic heterocycles. The summed E-state index contributed by atoms with van der Waals surface area (Å²) in [5.74, 6) is 0. The summed E-state index contributed by atoms with van der Waals surface area (Å²) in [6.07, 6.45) is 4.22. The molecule has 0 spiro atoms. The van der Waals surface area contributed by atoms with Crippen LogP contribution in [0.3, 0.4) is 0 Å². The molecular formula is C15H32N4. The molecule has 2 rings (SSSR count). The van der Waals surface area contributed by atoms with Crippen molar-refractivity contribution >= 4 is 0 Å². The summed E-state index contributed by atoms with van der Waals surface area (Å²) in [5, 5.41) is 3.64. The molecule has 2 aliphatic heterocycles. The molecular weight excluding hydrogens is 236 g/mol. The van der Waals surface area contributed by atoms with E-state index in [2.05, 4.69) is 34.0 Å². The first-order chi connectivity index (χ1) is 9.25. The van der Waals surface area contributed by atoms with Gasteiger partial charge in [0.25, 0.3) is 0 Å².